The minimum atomic E-state index is -0.138. The van der Waals surface area contributed by atoms with E-state index < -0.39 is 0 Å². The summed E-state index contributed by atoms with van der Waals surface area (Å²) in [4.78, 5) is 23.1. The zero-order chi connectivity index (χ0) is 13.1. The fourth-order valence-corrected chi connectivity index (χ4v) is 2.00. The van der Waals surface area contributed by atoms with Crippen LogP contribution in [0.25, 0.3) is 0 Å². The van der Waals surface area contributed by atoms with E-state index in [9.17, 15) is 9.59 Å². The summed E-state index contributed by atoms with van der Waals surface area (Å²) in [6.45, 7) is 2.36. The Hall–Kier alpha value is -1.75. The molecule has 1 aliphatic heterocycles. The Labute approximate surface area is 118 Å². The van der Waals surface area contributed by atoms with E-state index >= 15 is 0 Å². The summed E-state index contributed by atoms with van der Waals surface area (Å²) in [7, 11) is 0. The molecule has 0 radical (unpaired) electrons. The Kier molecular flexibility index (Phi) is 5.18. The second-order valence-electron chi connectivity index (χ2n) is 4.59. The van der Waals surface area contributed by atoms with E-state index in [1.54, 1.807) is 12.1 Å². The molecule has 19 heavy (non-hydrogen) atoms. The molecule has 0 aromatic heterocycles. The smallest absolute Gasteiger partial charge is 0.251 e. The highest BCUT2D eigenvalue weighted by Gasteiger charge is 2.20. The average molecular weight is 284 g/mol. The molecule has 1 unspecified atom stereocenters. The van der Waals surface area contributed by atoms with Crippen molar-refractivity contribution in [2.75, 3.05) is 12.3 Å². The third-order valence-corrected chi connectivity index (χ3v) is 3.11. The predicted octanol–water partition coefficient (Wildman–Crippen LogP) is 1.01. The van der Waals surface area contributed by atoms with Gasteiger partial charge in [-0.25, -0.2) is 0 Å². The van der Waals surface area contributed by atoms with Gasteiger partial charge in [-0.05, 0) is 31.0 Å². The first-order chi connectivity index (χ1) is 8.56. The van der Waals surface area contributed by atoms with E-state index in [1.807, 2.05) is 13.0 Å². The fraction of sp³-hybridized carbons (Fsp3) is 0.385. The van der Waals surface area contributed by atoms with Crippen LogP contribution in [0.4, 0.5) is 5.69 Å². The van der Waals surface area contributed by atoms with Crippen molar-refractivity contribution in [2.45, 2.75) is 25.8 Å². The SMILES string of the molecule is Cc1ccc(N)cc1C(=O)NC1CCC(=O)NC1.Cl. The lowest BCUT2D eigenvalue weighted by Gasteiger charge is -2.23. The summed E-state index contributed by atoms with van der Waals surface area (Å²) in [6.07, 6.45) is 1.14. The zero-order valence-electron chi connectivity index (χ0n) is 10.7. The molecule has 1 aromatic rings. The van der Waals surface area contributed by atoms with E-state index in [0.29, 0.717) is 30.6 Å². The van der Waals surface area contributed by atoms with Gasteiger partial charge < -0.3 is 16.4 Å². The molecule has 1 aromatic carbocycles. The molecule has 0 spiro atoms. The maximum Gasteiger partial charge on any atom is 0.251 e. The van der Waals surface area contributed by atoms with E-state index in [4.69, 9.17) is 5.73 Å². The van der Waals surface area contributed by atoms with Gasteiger partial charge in [0.05, 0.1) is 0 Å². The Balaban J connectivity index is 0.00000180. The van der Waals surface area contributed by atoms with Crippen molar-refractivity contribution in [3.63, 3.8) is 0 Å². The summed E-state index contributed by atoms with van der Waals surface area (Å²) >= 11 is 0. The largest absolute Gasteiger partial charge is 0.399 e. The summed E-state index contributed by atoms with van der Waals surface area (Å²) in [6, 6.07) is 5.27. The number of aryl methyl sites for hydroxylation is 1. The molecule has 6 heteroatoms. The van der Waals surface area contributed by atoms with Crippen LogP contribution >= 0.6 is 12.4 Å². The highest BCUT2D eigenvalue weighted by molar-refractivity contribution is 5.96. The van der Waals surface area contributed by atoms with Gasteiger partial charge >= 0.3 is 0 Å². The lowest BCUT2D eigenvalue weighted by atomic mass is 10.0. The highest BCUT2D eigenvalue weighted by atomic mass is 35.5. The van der Waals surface area contributed by atoms with E-state index in [2.05, 4.69) is 10.6 Å². The van der Waals surface area contributed by atoms with Crippen LogP contribution < -0.4 is 16.4 Å². The standard InChI is InChI=1S/C13H17N3O2.ClH/c1-8-2-3-9(14)6-11(8)13(18)16-10-4-5-12(17)15-7-10;/h2-3,6,10H,4-5,7,14H2,1H3,(H,15,17)(H,16,18);1H. The highest BCUT2D eigenvalue weighted by Crippen LogP contribution is 2.13. The topological polar surface area (TPSA) is 84.2 Å². The Morgan fingerprint density at radius 1 is 1.47 bits per heavy atom. The van der Waals surface area contributed by atoms with Gasteiger partial charge in [-0.2, -0.15) is 0 Å². The maximum atomic E-state index is 12.1. The van der Waals surface area contributed by atoms with Crippen molar-refractivity contribution in [2.24, 2.45) is 0 Å². The molecule has 0 aliphatic carbocycles. The van der Waals surface area contributed by atoms with E-state index in [1.165, 1.54) is 0 Å². The summed E-state index contributed by atoms with van der Waals surface area (Å²) in [5.74, 6) is -0.0958. The maximum absolute atomic E-state index is 12.1. The van der Waals surface area contributed by atoms with Crippen molar-refractivity contribution in [3.8, 4) is 0 Å². The first-order valence-corrected chi connectivity index (χ1v) is 6.00. The van der Waals surface area contributed by atoms with Crippen molar-refractivity contribution < 1.29 is 9.59 Å². The molecule has 1 atom stereocenters. The number of hydrogen-bond acceptors (Lipinski definition) is 3. The first-order valence-electron chi connectivity index (χ1n) is 6.00. The van der Waals surface area contributed by atoms with Crippen LogP contribution in [-0.2, 0) is 4.79 Å². The van der Waals surface area contributed by atoms with E-state index in [-0.39, 0.29) is 30.3 Å². The number of rotatable bonds is 2. The quantitative estimate of drug-likeness (QED) is 0.708. The van der Waals surface area contributed by atoms with Gasteiger partial charge in [0.25, 0.3) is 5.91 Å². The van der Waals surface area contributed by atoms with Crippen LogP contribution in [0.1, 0.15) is 28.8 Å². The number of carbonyl (C=O) groups is 2. The molecule has 0 bridgehead atoms. The number of anilines is 1. The van der Waals surface area contributed by atoms with Crippen LogP contribution in [-0.4, -0.2) is 24.4 Å². The number of halogens is 1. The number of hydrogen-bond donors (Lipinski definition) is 3. The lowest BCUT2D eigenvalue weighted by Crippen LogP contribution is -2.47. The number of nitrogen functional groups attached to an aromatic ring is 1. The van der Waals surface area contributed by atoms with Crippen LogP contribution in [0.2, 0.25) is 0 Å². The molecule has 2 rings (SSSR count). The van der Waals surface area contributed by atoms with Crippen LogP contribution in [0.15, 0.2) is 18.2 Å². The van der Waals surface area contributed by atoms with E-state index in [0.717, 1.165) is 5.56 Å². The van der Waals surface area contributed by atoms with Gasteiger partial charge in [0, 0.05) is 30.3 Å². The predicted molar refractivity (Wildman–Crippen MR) is 76.3 cm³/mol. The Morgan fingerprint density at radius 3 is 2.84 bits per heavy atom. The third kappa shape index (κ3) is 3.86. The molecule has 5 nitrogen and oxygen atoms in total. The van der Waals surface area contributed by atoms with Crippen molar-refractivity contribution in [3.05, 3.63) is 29.3 Å². The molecule has 1 saturated heterocycles. The van der Waals surface area contributed by atoms with Crippen molar-refractivity contribution in [1.82, 2.24) is 10.6 Å². The monoisotopic (exact) mass is 283 g/mol. The van der Waals surface area contributed by atoms with Gasteiger partial charge in [-0.15, -0.1) is 12.4 Å². The Bertz CT molecular complexity index is 481. The van der Waals surface area contributed by atoms with Crippen molar-refractivity contribution >= 4 is 29.9 Å². The molecular formula is C13H18ClN3O2. The minimum Gasteiger partial charge on any atom is -0.399 e. The molecule has 2 amide bonds. The third-order valence-electron chi connectivity index (χ3n) is 3.11. The lowest BCUT2D eigenvalue weighted by molar-refractivity contribution is -0.122. The van der Waals surface area contributed by atoms with Gasteiger partial charge in [0.15, 0.2) is 0 Å². The van der Waals surface area contributed by atoms with Crippen LogP contribution in [0.3, 0.4) is 0 Å². The second kappa shape index (κ2) is 6.43. The second-order valence-corrected chi connectivity index (χ2v) is 4.59. The van der Waals surface area contributed by atoms with Crippen molar-refractivity contribution in [1.29, 1.82) is 0 Å². The number of piperidine rings is 1. The van der Waals surface area contributed by atoms with Gasteiger partial charge in [0.1, 0.15) is 0 Å². The number of amides is 2. The normalized spacial score (nSPS) is 18.2. The molecule has 4 N–H and O–H groups in total. The summed E-state index contributed by atoms with van der Waals surface area (Å²) in [5.41, 5.74) is 7.73. The summed E-state index contributed by atoms with van der Waals surface area (Å²) < 4.78 is 0. The minimum absolute atomic E-state index is 0. The zero-order valence-corrected chi connectivity index (χ0v) is 11.5. The average Bonchev–Trinajstić information content (AvgIpc) is 2.35. The molecule has 1 heterocycles. The molecular weight excluding hydrogens is 266 g/mol. The molecule has 1 fully saturated rings. The molecule has 104 valence electrons. The number of nitrogens with one attached hydrogen (secondary N) is 2. The van der Waals surface area contributed by atoms with Crippen LogP contribution in [0.5, 0.6) is 0 Å². The number of nitrogens with two attached hydrogens (primary N) is 1. The summed E-state index contributed by atoms with van der Waals surface area (Å²) in [5, 5.41) is 5.65. The van der Waals surface area contributed by atoms with Gasteiger partial charge in [0.2, 0.25) is 5.91 Å². The van der Waals surface area contributed by atoms with Gasteiger partial charge in [-0.1, -0.05) is 6.07 Å². The molecule has 0 saturated carbocycles. The number of benzene rings is 1. The Morgan fingerprint density at radius 2 is 2.21 bits per heavy atom. The fourth-order valence-electron chi connectivity index (χ4n) is 2.00. The molecule has 1 aliphatic rings. The van der Waals surface area contributed by atoms with Crippen LogP contribution in [0, 0.1) is 6.92 Å². The van der Waals surface area contributed by atoms with Gasteiger partial charge in [-0.3, -0.25) is 9.59 Å². The first kappa shape index (κ1) is 15.3. The number of carbonyl (C=O) groups excluding carboxylic acids is 2.